The maximum atomic E-state index is 13.3. The van der Waals surface area contributed by atoms with Gasteiger partial charge in [0.05, 0.1) is 11.6 Å². The van der Waals surface area contributed by atoms with E-state index in [4.69, 9.17) is 16.3 Å². The molecule has 1 saturated carbocycles. The molecule has 3 atom stereocenters. The first-order valence-electron chi connectivity index (χ1n) is 9.80. The topological polar surface area (TPSA) is 111 Å². The molecule has 2 fully saturated rings. The Hall–Kier alpha value is -2.31. The van der Waals surface area contributed by atoms with Crippen LogP contribution in [0.3, 0.4) is 0 Å². The molecule has 0 bridgehead atoms. The summed E-state index contributed by atoms with van der Waals surface area (Å²) in [5, 5.41) is 22.6. The van der Waals surface area contributed by atoms with E-state index in [1.54, 1.807) is 0 Å². The molecule has 4 rings (SSSR count). The third kappa shape index (κ3) is 4.40. The summed E-state index contributed by atoms with van der Waals surface area (Å²) in [6, 6.07) is 10.1. The molecular formula is C21H22ClN3O4S. The average molecular weight is 448 g/mol. The van der Waals surface area contributed by atoms with Crippen LogP contribution in [0.5, 0.6) is 17.2 Å². The van der Waals surface area contributed by atoms with Gasteiger partial charge >= 0.3 is 0 Å². The zero-order valence-electron chi connectivity index (χ0n) is 16.1. The van der Waals surface area contributed by atoms with Gasteiger partial charge in [0.15, 0.2) is 0 Å². The van der Waals surface area contributed by atoms with Gasteiger partial charge in [0.25, 0.3) is 0 Å². The first-order valence-corrected chi connectivity index (χ1v) is 11.7. The Morgan fingerprint density at radius 2 is 2.03 bits per heavy atom. The van der Waals surface area contributed by atoms with Gasteiger partial charge in [-0.15, -0.1) is 0 Å². The second-order valence-corrected chi connectivity index (χ2v) is 9.86. The van der Waals surface area contributed by atoms with E-state index < -0.39 is 10.0 Å². The Morgan fingerprint density at radius 3 is 2.73 bits per heavy atom. The van der Waals surface area contributed by atoms with Gasteiger partial charge in [0.1, 0.15) is 22.1 Å². The van der Waals surface area contributed by atoms with Crippen LogP contribution < -0.4 is 14.8 Å². The minimum absolute atomic E-state index is 0.0508. The number of benzene rings is 2. The van der Waals surface area contributed by atoms with Crippen molar-refractivity contribution in [1.29, 1.82) is 5.26 Å². The van der Waals surface area contributed by atoms with E-state index in [0.29, 0.717) is 18.4 Å². The number of sulfonamides is 1. The van der Waals surface area contributed by atoms with E-state index >= 15 is 0 Å². The number of phenols is 1. The highest BCUT2D eigenvalue weighted by atomic mass is 35.5. The Kier molecular flexibility index (Phi) is 5.89. The van der Waals surface area contributed by atoms with Crippen molar-refractivity contribution in [3.05, 3.63) is 47.0 Å². The van der Waals surface area contributed by atoms with Crippen molar-refractivity contribution < 1.29 is 18.3 Å². The molecule has 0 spiro atoms. The maximum Gasteiger partial charge on any atom is 0.244 e. The van der Waals surface area contributed by atoms with Gasteiger partial charge in [0.2, 0.25) is 10.0 Å². The zero-order valence-corrected chi connectivity index (χ0v) is 17.7. The van der Waals surface area contributed by atoms with Crippen LogP contribution in [0.4, 0.5) is 0 Å². The fourth-order valence-corrected chi connectivity index (χ4v) is 5.84. The van der Waals surface area contributed by atoms with Crippen molar-refractivity contribution in [1.82, 2.24) is 10.0 Å². The number of hydrogen-bond acceptors (Lipinski definition) is 6. The molecule has 0 radical (unpaired) electrons. The molecule has 2 aliphatic rings. The molecule has 9 heteroatoms. The molecule has 158 valence electrons. The normalized spacial score (nSPS) is 23.5. The van der Waals surface area contributed by atoms with Crippen LogP contribution in [0.2, 0.25) is 5.02 Å². The van der Waals surface area contributed by atoms with E-state index in [9.17, 15) is 18.8 Å². The molecule has 0 amide bonds. The van der Waals surface area contributed by atoms with Crippen LogP contribution in [-0.4, -0.2) is 32.7 Å². The predicted molar refractivity (Wildman–Crippen MR) is 112 cm³/mol. The maximum absolute atomic E-state index is 13.3. The fraction of sp³-hybridized carbons (Fsp3) is 0.381. The van der Waals surface area contributed by atoms with Crippen molar-refractivity contribution in [3.8, 4) is 23.3 Å². The van der Waals surface area contributed by atoms with Crippen LogP contribution in [-0.2, 0) is 10.0 Å². The van der Waals surface area contributed by atoms with Crippen molar-refractivity contribution in [2.45, 2.75) is 30.2 Å². The number of nitrogens with zero attached hydrogens (tertiary/aromatic N) is 1. The standard InChI is InChI=1S/C21H22ClN3O4S/c22-15-8-16(26)10-17(9-15)29-20-4-1-13(11-23)7-21(20)30(27,28)25-19-12-24-6-5-14-2-3-18(14)19/h1,4,7-10,14,18-19,24-26H,2-3,5-6,12H2/t14?,18?,19-/m1/s1. The van der Waals surface area contributed by atoms with E-state index in [2.05, 4.69) is 10.0 Å². The van der Waals surface area contributed by atoms with Gasteiger partial charge in [-0.25, -0.2) is 13.1 Å². The number of phenolic OH excluding ortho intramolecular Hbond substituents is 1. The molecule has 7 nitrogen and oxygen atoms in total. The lowest BCUT2D eigenvalue weighted by Crippen LogP contribution is -2.49. The molecule has 2 aromatic rings. The number of ether oxygens (including phenoxy) is 1. The lowest BCUT2D eigenvalue weighted by Gasteiger charge is -2.40. The summed E-state index contributed by atoms with van der Waals surface area (Å²) >= 11 is 5.95. The van der Waals surface area contributed by atoms with E-state index in [1.165, 1.54) is 36.4 Å². The third-order valence-corrected chi connectivity index (χ3v) is 7.53. The van der Waals surface area contributed by atoms with Gasteiger partial charge in [-0.2, -0.15) is 5.26 Å². The molecule has 1 heterocycles. The molecule has 30 heavy (non-hydrogen) atoms. The van der Waals surface area contributed by atoms with E-state index in [0.717, 1.165) is 25.8 Å². The second kappa shape index (κ2) is 8.44. The lowest BCUT2D eigenvalue weighted by atomic mass is 9.69. The van der Waals surface area contributed by atoms with Gasteiger partial charge in [-0.05, 0) is 68.0 Å². The Morgan fingerprint density at radius 1 is 1.20 bits per heavy atom. The van der Waals surface area contributed by atoms with Gasteiger partial charge < -0.3 is 15.2 Å². The largest absolute Gasteiger partial charge is 0.508 e. The quantitative estimate of drug-likeness (QED) is 0.647. The first kappa shape index (κ1) is 20.9. The summed E-state index contributed by atoms with van der Waals surface area (Å²) in [4.78, 5) is -0.124. The number of nitrogens with one attached hydrogen (secondary N) is 2. The van der Waals surface area contributed by atoms with Crippen LogP contribution in [0.1, 0.15) is 24.8 Å². The van der Waals surface area contributed by atoms with Crippen LogP contribution in [0.15, 0.2) is 41.3 Å². The highest BCUT2D eigenvalue weighted by Crippen LogP contribution is 2.41. The van der Waals surface area contributed by atoms with E-state index in [1.807, 2.05) is 6.07 Å². The highest BCUT2D eigenvalue weighted by molar-refractivity contribution is 7.89. The van der Waals surface area contributed by atoms with Crippen molar-refractivity contribution in [2.75, 3.05) is 13.1 Å². The lowest BCUT2D eigenvalue weighted by molar-refractivity contribution is 0.144. The highest BCUT2D eigenvalue weighted by Gasteiger charge is 2.40. The van der Waals surface area contributed by atoms with E-state index in [-0.39, 0.29) is 38.8 Å². The molecule has 1 aliphatic carbocycles. The first-order chi connectivity index (χ1) is 14.4. The Labute approximate surface area is 180 Å². The number of fused-ring (bicyclic) bond motifs is 1. The summed E-state index contributed by atoms with van der Waals surface area (Å²) in [7, 11) is -3.96. The number of aromatic hydroxyl groups is 1. The smallest absolute Gasteiger partial charge is 0.244 e. The van der Waals surface area contributed by atoms with Crippen LogP contribution in [0.25, 0.3) is 0 Å². The van der Waals surface area contributed by atoms with Crippen molar-refractivity contribution in [2.24, 2.45) is 11.8 Å². The summed E-state index contributed by atoms with van der Waals surface area (Å²) in [5.74, 6) is 0.979. The number of halogens is 1. The van der Waals surface area contributed by atoms with Gasteiger partial charge in [-0.1, -0.05) is 11.6 Å². The minimum Gasteiger partial charge on any atom is -0.508 e. The van der Waals surface area contributed by atoms with Crippen LogP contribution >= 0.6 is 11.6 Å². The van der Waals surface area contributed by atoms with Crippen molar-refractivity contribution >= 4 is 21.6 Å². The Balaban J connectivity index is 1.66. The SMILES string of the molecule is N#Cc1ccc(Oc2cc(O)cc(Cl)c2)c(S(=O)(=O)N[C@@H]2CNCCC3CCC32)c1. The third-order valence-electron chi connectivity index (χ3n) is 5.80. The number of hydrogen-bond donors (Lipinski definition) is 3. The average Bonchev–Trinajstić information content (AvgIpc) is 2.78. The number of rotatable bonds is 5. The molecule has 1 saturated heterocycles. The predicted octanol–water partition coefficient (Wildman–Crippen LogP) is 3.38. The van der Waals surface area contributed by atoms with Gasteiger partial charge in [0, 0.05) is 23.7 Å². The monoisotopic (exact) mass is 447 g/mol. The molecule has 3 N–H and O–H groups in total. The molecule has 1 aliphatic heterocycles. The zero-order chi connectivity index (χ0) is 21.3. The molecule has 2 aromatic carbocycles. The summed E-state index contributed by atoms with van der Waals surface area (Å²) in [6.45, 7) is 1.45. The number of nitriles is 1. The summed E-state index contributed by atoms with van der Waals surface area (Å²) < 4.78 is 35.2. The fourth-order valence-electron chi connectivity index (χ4n) is 4.18. The summed E-state index contributed by atoms with van der Waals surface area (Å²) in [5.41, 5.74) is 0.206. The van der Waals surface area contributed by atoms with Crippen molar-refractivity contribution in [3.63, 3.8) is 0 Å². The molecular weight excluding hydrogens is 426 g/mol. The summed E-state index contributed by atoms with van der Waals surface area (Å²) in [6.07, 6.45) is 3.18. The minimum atomic E-state index is -3.96. The second-order valence-electron chi connectivity index (χ2n) is 7.74. The van der Waals surface area contributed by atoms with Crippen LogP contribution in [0, 0.1) is 23.2 Å². The molecule has 2 unspecified atom stereocenters. The van der Waals surface area contributed by atoms with Gasteiger partial charge in [-0.3, -0.25) is 0 Å². The molecule has 0 aromatic heterocycles. The Bertz CT molecular complexity index is 1080.